The molecular weight excluding hydrogens is 288 g/mol. The number of hydrogen-bond acceptors (Lipinski definition) is 2. The highest BCUT2D eigenvalue weighted by atomic mass is 16.5. The molecule has 1 aliphatic heterocycles. The first kappa shape index (κ1) is 13.9. The Morgan fingerprint density at radius 1 is 1.13 bits per heavy atom. The van der Waals surface area contributed by atoms with Gasteiger partial charge in [-0.25, -0.2) is 0 Å². The largest absolute Gasteiger partial charge is 0.504 e. The zero-order valence-electron chi connectivity index (χ0n) is 12.9. The van der Waals surface area contributed by atoms with E-state index in [-0.39, 0.29) is 11.8 Å². The fraction of sp³-hybridized carbons (Fsp3) is 0.158. The van der Waals surface area contributed by atoms with Crippen molar-refractivity contribution in [3.8, 4) is 17.2 Å². The van der Waals surface area contributed by atoms with Crippen LogP contribution in [0.3, 0.4) is 0 Å². The average molecular weight is 307 g/mol. The number of quaternary nitrogens is 1. The predicted octanol–water partition coefficient (Wildman–Crippen LogP) is 2.36. The van der Waals surface area contributed by atoms with Crippen LogP contribution in [-0.2, 0) is 6.54 Å². The Kier molecular flexibility index (Phi) is 3.32. The van der Waals surface area contributed by atoms with Gasteiger partial charge in [-0.2, -0.15) is 0 Å². The molecule has 0 fully saturated rings. The third-order valence-corrected chi connectivity index (χ3v) is 4.49. The number of fused-ring (bicyclic) bond motifs is 3. The number of nitrogens with zero attached hydrogens (tertiary/aromatic N) is 1. The number of benzene rings is 2. The molecule has 4 rings (SSSR count). The molecule has 0 bridgehead atoms. The number of methoxy groups -OCH3 is 1. The first-order valence-electron chi connectivity index (χ1n) is 7.73. The third kappa shape index (κ3) is 2.28. The Balaban J connectivity index is 1.84. The van der Waals surface area contributed by atoms with E-state index < -0.39 is 0 Å². The smallest absolute Gasteiger partial charge is 0.160 e. The average Bonchev–Trinajstić information content (AvgIpc) is 3.00. The van der Waals surface area contributed by atoms with Crippen molar-refractivity contribution in [2.75, 3.05) is 7.11 Å². The topological polar surface area (TPSA) is 51.0 Å². The molecule has 3 N–H and O–H groups in total. The zero-order valence-corrected chi connectivity index (χ0v) is 12.9. The minimum absolute atomic E-state index is 0.159. The van der Waals surface area contributed by atoms with Crippen molar-refractivity contribution in [2.45, 2.75) is 12.6 Å². The maximum absolute atomic E-state index is 9.85. The monoisotopic (exact) mass is 307 g/mol. The van der Waals surface area contributed by atoms with Gasteiger partial charge in [0.25, 0.3) is 0 Å². The summed E-state index contributed by atoms with van der Waals surface area (Å²) in [5, 5.41) is 12.2. The van der Waals surface area contributed by atoms with E-state index in [9.17, 15) is 5.11 Å². The predicted molar refractivity (Wildman–Crippen MR) is 87.9 cm³/mol. The van der Waals surface area contributed by atoms with E-state index in [0.29, 0.717) is 5.75 Å². The molecule has 1 aliphatic rings. The van der Waals surface area contributed by atoms with E-state index in [1.165, 1.54) is 16.9 Å². The zero-order chi connectivity index (χ0) is 15.8. The van der Waals surface area contributed by atoms with Crippen LogP contribution in [0.2, 0.25) is 0 Å². The standard InChI is InChI=1S/C19H18N2O2/c1-23-18-11-13(8-9-17(18)22)19-16-7-4-10-21(16)15-6-3-2-5-14(15)12-20-19/h2-11,19-20,22H,12H2,1H3/p+1/t19-/m0/s1. The summed E-state index contributed by atoms with van der Waals surface area (Å²) in [4.78, 5) is 0. The number of aromatic nitrogens is 1. The molecule has 1 atom stereocenters. The van der Waals surface area contributed by atoms with Crippen molar-refractivity contribution >= 4 is 0 Å². The summed E-state index contributed by atoms with van der Waals surface area (Å²) < 4.78 is 7.52. The molecule has 1 aromatic heterocycles. The molecule has 0 amide bonds. The van der Waals surface area contributed by atoms with E-state index in [1.54, 1.807) is 13.2 Å². The Morgan fingerprint density at radius 3 is 2.87 bits per heavy atom. The molecule has 4 heteroatoms. The summed E-state index contributed by atoms with van der Waals surface area (Å²) in [5.74, 6) is 0.680. The molecule has 2 aromatic carbocycles. The lowest BCUT2D eigenvalue weighted by Gasteiger charge is -2.16. The van der Waals surface area contributed by atoms with Crippen LogP contribution in [0.1, 0.15) is 22.9 Å². The van der Waals surface area contributed by atoms with E-state index in [1.807, 2.05) is 12.1 Å². The fourth-order valence-electron chi connectivity index (χ4n) is 3.35. The highest BCUT2D eigenvalue weighted by Crippen LogP contribution is 2.32. The third-order valence-electron chi connectivity index (χ3n) is 4.49. The van der Waals surface area contributed by atoms with Crippen molar-refractivity contribution in [3.63, 3.8) is 0 Å². The van der Waals surface area contributed by atoms with Crippen LogP contribution in [-0.4, -0.2) is 16.8 Å². The van der Waals surface area contributed by atoms with Crippen molar-refractivity contribution in [2.24, 2.45) is 0 Å². The number of hydrogen-bond donors (Lipinski definition) is 2. The van der Waals surface area contributed by atoms with E-state index in [2.05, 4.69) is 52.5 Å². The number of nitrogens with two attached hydrogens (primary N) is 1. The number of rotatable bonds is 2. The fourth-order valence-corrected chi connectivity index (χ4v) is 3.35. The lowest BCUT2D eigenvalue weighted by atomic mass is 10.0. The van der Waals surface area contributed by atoms with Gasteiger partial charge in [0.1, 0.15) is 6.54 Å². The van der Waals surface area contributed by atoms with Gasteiger partial charge in [-0.3, -0.25) is 0 Å². The molecule has 0 saturated carbocycles. The van der Waals surface area contributed by atoms with E-state index in [4.69, 9.17) is 4.74 Å². The van der Waals surface area contributed by atoms with Crippen molar-refractivity contribution in [3.05, 3.63) is 77.6 Å². The highest BCUT2D eigenvalue weighted by molar-refractivity contribution is 5.47. The van der Waals surface area contributed by atoms with Crippen LogP contribution in [0.25, 0.3) is 5.69 Å². The van der Waals surface area contributed by atoms with Gasteiger partial charge >= 0.3 is 0 Å². The molecule has 2 heterocycles. The lowest BCUT2D eigenvalue weighted by Crippen LogP contribution is -2.83. The maximum atomic E-state index is 9.85. The minimum Gasteiger partial charge on any atom is -0.504 e. The number of para-hydroxylation sites is 1. The molecule has 3 aromatic rings. The second-order valence-corrected chi connectivity index (χ2v) is 5.78. The first-order valence-corrected chi connectivity index (χ1v) is 7.73. The maximum Gasteiger partial charge on any atom is 0.160 e. The van der Waals surface area contributed by atoms with Gasteiger partial charge in [-0.15, -0.1) is 0 Å². The molecule has 4 nitrogen and oxygen atoms in total. The first-order chi connectivity index (χ1) is 11.3. The summed E-state index contributed by atoms with van der Waals surface area (Å²) in [6.07, 6.45) is 2.11. The minimum atomic E-state index is 0.159. The van der Waals surface area contributed by atoms with Gasteiger partial charge in [-0.1, -0.05) is 18.2 Å². The molecular formula is C19H19N2O2+. The van der Waals surface area contributed by atoms with Crippen LogP contribution in [0.4, 0.5) is 0 Å². The van der Waals surface area contributed by atoms with Crippen LogP contribution in [0.15, 0.2) is 60.8 Å². The highest BCUT2D eigenvalue weighted by Gasteiger charge is 2.26. The van der Waals surface area contributed by atoms with E-state index in [0.717, 1.165) is 12.1 Å². The number of phenolic OH excluding ortho intramolecular Hbond substituents is 1. The van der Waals surface area contributed by atoms with Gasteiger partial charge in [0.05, 0.1) is 18.5 Å². The summed E-state index contributed by atoms with van der Waals surface area (Å²) >= 11 is 0. The van der Waals surface area contributed by atoms with Crippen LogP contribution in [0, 0.1) is 0 Å². The Hall–Kier alpha value is -2.72. The quantitative estimate of drug-likeness (QED) is 0.763. The number of ether oxygens (including phenoxy) is 1. The van der Waals surface area contributed by atoms with Gasteiger partial charge in [0, 0.05) is 17.3 Å². The van der Waals surface area contributed by atoms with Crippen LogP contribution < -0.4 is 10.1 Å². The summed E-state index contributed by atoms with van der Waals surface area (Å²) in [6.45, 7) is 0.908. The number of phenols is 1. The van der Waals surface area contributed by atoms with Crippen molar-refractivity contribution in [1.29, 1.82) is 0 Å². The number of aromatic hydroxyl groups is 1. The molecule has 0 unspecified atom stereocenters. The summed E-state index contributed by atoms with van der Waals surface area (Å²) in [6, 6.07) is 18.5. The van der Waals surface area contributed by atoms with Crippen molar-refractivity contribution in [1.82, 2.24) is 4.57 Å². The van der Waals surface area contributed by atoms with Gasteiger partial charge in [-0.05, 0) is 36.4 Å². The SMILES string of the molecule is COc1cc([C@@H]2[NH2+]Cc3ccccc3-n3cccc32)ccc1O. The van der Waals surface area contributed by atoms with Crippen LogP contribution in [0.5, 0.6) is 11.5 Å². The van der Waals surface area contributed by atoms with Gasteiger partial charge in [0.15, 0.2) is 17.5 Å². The van der Waals surface area contributed by atoms with Crippen LogP contribution >= 0.6 is 0 Å². The molecule has 0 aliphatic carbocycles. The summed E-state index contributed by atoms with van der Waals surface area (Å²) in [5.41, 5.74) is 4.89. The molecule has 0 spiro atoms. The molecule has 0 radical (unpaired) electrons. The Labute approximate surface area is 135 Å². The van der Waals surface area contributed by atoms with E-state index >= 15 is 0 Å². The molecule has 116 valence electrons. The Bertz CT molecular complexity index is 854. The normalized spacial score (nSPS) is 16.3. The second-order valence-electron chi connectivity index (χ2n) is 5.78. The summed E-state index contributed by atoms with van der Waals surface area (Å²) in [7, 11) is 1.58. The second kappa shape index (κ2) is 5.48. The Morgan fingerprint density at radius 2 is 2.00 bits per heavy atom. The molecule has 23 heavy (non-hydrogen) atoms. The molecule has 0 saturated heterocycles. The lowest BCUT2D eigenvalue weighted by molar-refractivity contribution is -0.702. The van der Waals surface area contributed by atoms with Gasteiger partial charge in [0.2, 0.25) is 0 Å². The van der Waals surface area contributed by atoms with Gasteiger partial charge < -0.3 is 19.7 Å². The van der Waals surface area contributed by atoms with Crippen molar-refractivity contribution < 1.29 is 15.2 Å².